The van der Waals surface area contributed by atoms with Crippen LogP contribution in [0.1, 0.15) is 12.8 Å². The average molecular weight is 222 g/mol. The lowest BCUT2D eigenvalue weighted by atomic mass is 9.97. The number of aliphatic hydroxyl groups excluding tert-OH is 1. The van der Waals surface area contributed by atoms with Crippen molar-refractivity contribution in [2.24, 2.45) is 5.92 Å². The van der Waals surface area contributed by atoms with Crippen LogP contribution < -0.4 is 9.64 Å². The van der Waals surface area contributed by atoms with Gasteiger partial charge in [0.15, 0.2) is 0 Å². The first kappa shape index (κ1) is 11.2. The largest absolute Gasteiger partial charge is 0.481 e. The fourth-order valence-corrected chi connectivity index (χ4v) is 2.08. The predicted molar refractivity (Wildman–Crippen MR) is 62.8 cm³/mol. The van der Waals surface area contributed by atoms with Crippen LogP contribution in [0.15, 0.2) is 18.3 Å². The quantitative estimate of drug-likeness (QED) is 0.837. The number of aromatic nitrogens is 1. The standard InChI is InChI=1S/C12H18N2O2/c1-16-12-8-11(2-5-13-12)14-6-3-10(9-15)4-7-14/h2,5,8,10,15H,3-4,6-7,9H2,1H3. The van der Waals surface area contributed by atoms with Gasteiger partial charge >= 0.3 is 0 Å². The van der Waals surface area contributed by atoms with E-state index in [4.69, 9.17) is 9.84 Å². The van der Waals surface area contributed by atoms with Crippen LogP contribution in [0.5, 0.6) is 5.88 Å². The van der Waals surface area contributed by atoms with Crippen LogP contribution in [-0.2, 0) is 0 Å². The van der Waals surface area contributed by atoms with Gasteiger partial charge in [0.1, 0.15) is 0 Å². The third kappa shape index (κ3) is 2.44. The highest BCUT2D eigenvalue weighted by Crippen LogP contribution is 2.24. The highest BCUT2D eigenvalue weighted by atomic mass is 16.5. The summed E-state index contributed by atoms with van der Waals surface area (Å²) >= 11 is 0. The van der Waals surface area contributed by atoms with Gasteiger partial charge in [-0.05, 0) is 24.8 Å². The normalized spacial score (nSPS) is 17.5. The van der Waals surface area contributed by atoms with E-state index in [1.54, 1.807) is 13.3 Å². The van der Waals surface area contributed by atoms with Crippen LogP contribution in [0, 0.1) is 5.92 Å². The molecule has 1 aliphatic rings. The highest BCUT2D eigenvalue weighted by molar-refractivity contribution is 5.48. The Bertz CT molecular complexity index is 336. The van der Waals surface area contributed by atoms with Gasteiger partial charge in [-0.25, -0.2) is 4.98 Å². The van der Waals surface area contributed by atoms with Gasteiger partial charge in [0.05, 0.1) is 7.11 Å². The smallest absolute Gasteiger partial charge is 0.214 e. The molecular formula is C12H18N2O2. The molecule has 1 fully saturated rings. The molecule has 16 heavy (non-hydrogen) atoms. The minimum atomic E-state index is 0.313. The van der Waals surface area contributed by atoms with Gasteiger partial charge in [0, 0.05) is 37.6 Å². The molecule has 1 aromatic heterocycles. The summed E-state index contributed by atoms with van der Waals surface area (Å²) in [6.07, 6.45) is 3.88. The third-order valence-electron chi connectivity index (χ3n) is 3.17. The molecule has 0 saturated carbocycles. The molecule has 4 heteroatoms. The summed E-state index contributed by atoms with van der Waals surface area (Å²) in [6.45, 7) is 2.31. The van der Waals surface area contributed by atoms with Crippen molar-refractivity contribution in [2.75, 3.05) is 31.7 Å². The van der Waals surface area contributed by atoms with Crippen LogP contribution in [0.3, 0.4) is 0 Å². The van der Waals surface area contributed by atoms with Crippen molar-refractivity contribution in [3.8, 4) is 5.88 Å². The Kier molecular flexibility index (Phi) is 3.62. The number of pyridine rings is 1. The van der Waals surface area contributed by atoms with Crippen molar-refractivity contribution in [3.05, 3.63) is 18.3 Å². The van der Waals surface area contributed by atoms with Crippen molar-refractivity contribution in [1.82, 2.24) is 4.98 Å². The van der Waals surface area contributed by atoms with E-state index in [-0.39, 0.29) is 0 Å². The fourth-order valence-electron chi connectivity index (χ4n) is 2.08. The van der Waals surface area contributed by atoms with E-state index in [0.717, 1.165) is 31.6 Å². The summed E-state index contributed by atoms with van der Waals surface area (Å²) in [5.74, 6) is 1.13. The number of rotatable bonds is 3. The summed E-state index contributed by atoms with van der Waals surface area (Å²) in [5, 5.41) is 9.08. The van der Waals surface area contributed by atoms with Crippen molar-refractivity contribution in [2.45, 2.75) is 12.8 Å². The number of hydrogen-bond donors (Lipinski definition) is 1. The molecule has 0 radical (unpaired) electrons. The van der Waals surface area contributed by atoms with Crippen molar-refractivity contribution < 1.29 is 9.84 Å². The molecule has 1 N–H and O–H groups in total. The zero-order chi connectivity index (χ0) is 11.4. The van der Waals surface area contributed by atoms with Gasteiger partial charge in [-0.15, -0.1) is 0 Å². The number of nitrogens with zero attached hydrogens (tertiary/aromatic N) is 2. The second-order valence-electron chi connectivity index (χ2n) is 4.17. The van der Waals surface area contributed by atoms with Gasteiger partial charge < -0.3 is 14.7 Å². The lowest BCUT2D eigenvalue weighted by molar-refractivity contribution is 0.203. The van der Waals surface area contributed by atoms with E-state index in [2.05, 4.69) is 9.88 Å². The van der Waals surface area contributed by atoms with Gasteiger partial charge in [-0.2, -0.15) is 0 Å². The first-order chi connectivity index (χ1) is 7.83. The van der Waals surface area contributed by atoms with Crippen molar-refractivity contribution in [1.29, 1.82) is 0 Å². The molecule has 1 saturated heterocycles. The SMILES string of the molecule is COc1cc(N2CCC(CO)CC2)ccn1. The Hall–Kier alpha value is -1.29. The molecule has 0 atom stereocenters. The Balaban J connectivity index is 2.02. The Morgan fingerprint density at radius 3 is 2.88 bits per heavy atom. The van der Waals surface area contributed by atoms with Crippen LogP contribution in [-0.4, -0.2) is 36.9 Å². The number of anilines is 1. The Labute approximate surface area is 95.9 Å². The maximum absolute atomic E-state index is 9.08. The molecule has 0 unspecified atom stereocenters. The topological polar surface area (TPSA) is 45.6 Å². The van der Waals surface area contributed by atoms with Crippen molar-refractivity contribution >= 4 is 5.69 Å². The number of ether oxygens (including phenoxy) is 1. The zero-order valence-electron chi connectivity index (χ0n) is 9.59. The number of methoxy groups -OCH3 is 1. The summed E-state index contributed by atoms with van der Waals surface area (Å²) in [5.41, 5.74) is 1.16. The highest BCUT2D eigenvalue weighted by Gasteiger charge is 2.18. The van der Waals surface area contributed by atoms with Gasteiger partial charge in [0.25, 0.3) is 0 Å². The number of piperidine rings is 1. The fraction of sp³-hybridized carbons (Fsp3) is 0.583. The minimum absolute atomic E-state index is 0.313. The lowest BCUT2D eigenvalue weighted by Gasteiger charge is -2.32. The monoisotopic (exact) mass is 222 g/mol. The van der Waals surface area contributed by atoms with Crippen molar-refractivity contribution in [3.63, 3.8) is 0 Å². The van der Waals surface area contributed by atoms with E-state index < -0.39 is 0 Å². The van der Waals surface area contributed by atoms with Gasteiger partial charge in [0.2, 0.25) is 5.88 Å². The van der Waals surface area contributed by atoms with E-state index in [1.807, 2.05) is 12.1 Å². The van der Waals surface area contributed by atoms with E-state index in [0.29, 0.717) is 18.4 Å². The summed E-state index contributed by atoms with van der Waals surface area (Å²) in [6, 6.07) is 3.96. The molecule has 2 rings (SSSR count). The summed E-state index contributed by atoms with van der Waals surface area (Å²) in [7, 11) is 1.63. The summed E-state index contributed by atoms with van der Waals surface area (Å²) in [4.78, 5) is 6.41. The van der Waals surface area contributed by atoms with Gasteiger partial charge in [-0.3, -0.25) is 0 Å². The first-order valence-electron chi connectivity index (χ1n) is 5.69. The molecule has 88 valence electrons. The third-order valence-corrected chi connectivity index (χ3v) is 3.17. The first-order valence-corrected chi connectivity index (χ1v) is 5.69. The molecule has 4 nitrogen and oxygen atoms in total. The van der Waals surface area contributed by atoms with Crippen LogP contribution in [0.25, 0.3) is 0 Å². The maximum atomic E-state index is 9.08. The Morgan fingerprint density at radius 1 is 1.50 bits per heavy atom. The molecule has 1 aliphatic heterocycles. The average Bonchev–Trinajstić information content (AvgIpc) is 2.39. The summed E-state index contributed by atoms with van der Waals surface area (Å²) < 4.78 is 5.11. The second kappa shape index (κ2) is 5.16. The molecule has 0 bridgehead atoms. The van der Waals surface area contributed by atoms with Crippen LogP contribution in [0.2, 0.25) is 0 Å². The molecule has 1 aromatic rings. The zero-order valence-corrected chi connectivity index (χ0v) is 9.59. The van der Waals surface area contributed by atoms with Gasteiger partial charge in [-0.1, -0.05) is 0 Å². The molecule has 2 heterocycles. The van der Waals surface area contributed by atoms with E-state index in [1.165, 1.54) is 0 Å². The lowest BCUT2D eigenvalue weighted by Crippen LogP contribution is -2.34. The molecule has 0 amide bonds. The van der Waals surface area contributed by atoms with Crippen LogP contribution >= 0.6 is 0 Å². The van der Waals surface area contributed by atoms with E-state index >= 15 is 0 Å². The second-order valence-corrected chi connectivity index (χ2v) is 4.17. The molecule has 0 spiro atoms. The maximum Gasteiger partial charge on any atom is 0.214 e. The minimum Gasteiger partial charge on any atom is -0.481 e. The molecule has 0 aliphatic carbocycles. The molecule has 0 aromatic carbocycles. The number of aliphatic hydroxyl groups is 1. The Morgan fingerprint density at radius 2 is 2.25 bits per heavy atom. The van der Waals surface area contributed by atoms with E-state index in [9.17, 15) is 0 Å². The number of hydrogen-bond acceptors (Lipinski definition) is 4. The predicted octanol–water partition coefficient (Wildman–Crippen LogP) is 1.30. The van der Waals surface area contributed by atoms with Crippen LogP contribution in [0.4, 0.5) is 5.69 Å². The molecular weight excluding hydrogens is 204 g/mol.